The first kappa shape index (κ1) is 14.1. The summed E-state index contributed by atoms with van der Waals surface area (Å²) in [6, 6.07) is 4.56. The van der Waals surface area contributed by atoms with Crippen LogP contribution in [0.4, 0.5) is 10.5 Å². The fourth-order valence-corrected chi connectivity index (χ4v) is 2.58. The molecule has 1 aliphatic rings. The van der Waals surface area contributed by atoms with Gasteiger partial charge in [-0.2, -0.15) is 0 Å². The van der Waals surface area contributed by atoms with E-state index in [-0.39, 0.29) is 17.8 Å². The third-order valence-electron chi connectivity index (χ3n) is 3.63. The van der Waals surface area contributed by atoms with Gasteiger partial charge < -0.3 is 20.8 Å². The summed E-state index contributed by atoms with van der Waals surface area (Å²) >= 11 is 0. The number of hydrogen-bond donors (Lipinski definition) is 3. The first-order valence-electron chi connectivity index (χ1n) is 7.03. The average Bonchev–Trinajstić information content (AvgIpc) is 2.97. The number of nitrogens with one attached hydrogen (secondary N) is 2. The Balaban J connectivity index is 1.63. The van der Waals surface area contributed by atoms with Gasteiger partial charge in [-0.15, -0.1) is 0 Å². The van der Waals surface area contributed by atoms with E-state index in [2.05, 4.69) is 15.6 Å². The SMILES string of the molecule is NC(=O)c1ccc(NC(=O)N[C@@H]2CCCc3occc32)cn1. The predicted octanol–water partition coefficient (Wildman–Crippen LogP) is 1.97. The lowest BCUT2D eigenvalue weighted by Gasteiger charge is -2.22. The molecule has 0 saturated heterocycles. The summed E-state index contributed by atoms with van der Waals surface area (Å²) in [4.78, 5) is 26.9. The molecule has 0 fully saturated rings. The second kappa shape index (κ2) is 5.88. The maximum Gasteiger partial charge on any atom is 0.319 e. The number of nitrogens with zero attached hydrogens (tertiary/aromatic N) is 1. The number of pyridine rings is 1. The highest BCUT2D eigenvalue weighted by Gasteiger charge is 2.23. The lowest BCUT2D eigenvalue weighted by atomic mass is 9.93. The second-order valence-electron chi connectivity index (χ2n) is 5.14. The van der Waals surface area contributed by atoms with Gasteiger partial charge >= 0.3 is 6.03 Å². The molecule has 0 saturated carbocycles. The number of amides is 3. The van der Waals surface area contributed by atoms with Gasteiger partial charge in [0.15, 0.2) is 0 Å². The van der Waals surface area contributed by atoms with Gasteiger partial charge in [-0.3, -0.25) is 4.79 Å². The van der Waals surface area contributed by atoms with E-state index in [1.165, 1.54) is 12.3 Å². The lowest BCUT2D eigenvalue weighted by Crippen LogP contribution is -2.34. The van der Waals surface area contributed by atoms with E-state index in [1.54, 1.807) is 12.3 Å². The fourth-order valence-electron chi connectivity index (χ4n) is 2.58. The summed E-state index contributed by atoms with van der Waals surface area (Å²) in [6.45, 7) is 0. The molecule has 0 aromatic carbocycles. The van der Waals surface area contributed by atoms with Gasteiger partial charge in [-0.25, -0.2) is 9.78 Å². The van der Waals surface area contributed by atoms with Crippen molar-refractivity contribution in [2.24, 2.45) is 5.73 Å². The molecule has 0 bridgehead atoms. The molecule has 2 heterocycles. The van der Waals surface area contributed by atoms with Crippen LogP contribution in [0.5, 0.6) is 0 Å². The molecule has 0 unspecified atom stereocenters. The molecule has 0 radical (unpaired) electrons. The summed E-state index contributed by atoms with van der Waals surface area (Å²) < 4.78 is 5.40. The van der Waals surface area contributed by atoms with Crippen molar-refractivity contribution in [3.05, 3.63) is 47.7 Å². The molecule has 2 aromatic rings. The Morgan fingerprint density at radius 1 is 1.32 bits per heavy atom. The van der Waals surface area contributed by atoms with Gasteiger partial charge in [0.2, 0.25) is 0 Å². The van der Waals surface area contributed by atoms with Gasteiger partial charge in [0.05, 0.1) is 24.2 Å². The highest BCUT2D eigenvalue weighted by Crippen LogP contribution is 2.30. The van der Waals surface area contributed by atoms with E-state index in [1.807, 2.05) is 6.07 Å². The molecule has 1 atom stereocenters. The zero-order valence-electron chi connectivity index (χ0n) is 11.8. The molecular weight excluding hydrogens is 284 g/mol. The molecule has 0 aliphatic heterocycles. The van der Waals surface area contributed by atoms with Crippen molar-refractivity contribution < 1.29 is 14.0 Å². The molecule has 7 nitrogen and oxygen atoms in total. The quantitative estimate of drug-likeness (QED) is 0.804. The molecule has 3 amide bonds. The number of anilines is 1. The van der Waals surface area contributed by atoms with Crippen molar-refractivity contribution in [3.63, 3.8) is 0 Å². The number of urea groups is 1. The van der Waals surface area contributed by atoms with E-state index in [0.29, 0.717) is 5.69 Å². The highest BCUT2D eigenvalue weighted by atomic mass is 16.3. The van der Waals surface area contributed by atoms with Crippen LogP contribution >= 0.6 is 0 Å². The number of aryl methyl sites for hydroxylation is 1. The Labute approximate surface area is 126 Å². The van der Waals surface area contributed by atoms with Crippen molar-refractivity contribution in [2.75, 3.05) is 5.32 Å². The number of fused-ring (bicyclic) bond motifs is 1. The van der Waals surface area contributed by atoms with Crippen molar-refractivity contribution in [2.45, 2.75) is 25.3 Å². The Bertz CT molecular complexity index is 693. The molecule has 7 heteroatoms. The minimum Gasteiger partial charge on any atom is -0.469 e. The number of carbonyl (C=O) groups excluding carboxylic acids is 2. The maximum absolute atomic E-state index is 12.1. The van der Waals surface area contributed by atoms with Gasteiger partial charge in [0, 0.05) is 12.0 Å². The molecule has 0 spiro atoms. The van der Waals surface area contributed by atoms with E-state index in [4.69, 9.17) is 10.2 Å². The monoisotopic (exact) mass is 300 g/mol. The Morgan fingerprint density at radius 3 is 2.91 bits per heavy atom. The zero-order valence-corrected chi connectivity index (χ0v) is 11.8. The summed E-state index contributed by atoms with van der Waals surface area (Å²) in [5.74, 6) is 0.328. The number of aromatic nitrogens is 1. The topological polar surface area (TPSA) is 110 Å². The fraction of sp³-hybridized carbons (Fsp3) is 0.267. The van der Waals surface area contributed by atoms with Crippen molar-refractivity contribution >= 4 is 17.6 Å². The first-order valence-corrected chi connectivity index (χ1v) is 7.03. The molecule has 114 valence electrons. The number of hydrogen-bond acceptors (Lipinski definition) is 4. The van der Waals surface area contributed by atoms with Gasteiger partial charge in [0.1, 0.15) is 11.5 Å². The van der Waals surface area contributed by atoms with Crippen LogP contribution < -0.4 is 16.4 Å². The molecule has 22 heavy (non-hydrogen) atoms. The van der Waals surface area contributed by atoms with Crippen molar-refractivity contribution in [1.82, 2.24) is 10.3 Å². The number of rotatable bonds is 3. The minimum absolute atomic E-state index is 0.0552. The summed E-state index contributed by atoms with van der Waals surface area (Å²) in [6.07, 6.45) is 5.79. The molecule has 2 aromatic heterocycles. The van der Waals surface area contributed by atoms with Crippen LogP contribution in [0.3, 0.4) is 0 Å². The Hall–Kier alpha value is -2.83. The molecule has 4 N–H and O–H groups in total. The maximum atomic E-state index is 12.1. The van der Waals surface area contributed by atoms with E-state index < -0.39 is 5.91 Å². The highest BCUT2D eigenvalue weighted by molar-refractivity contribution is 5.92. The minimum atomic E-state index is -0.606. The first-order chi connectivity index (χ1) is 10.6. The Kier molecular flexibility index (Phi) is 3.78. The normalized spacial score (nSPS) is 16.6. The third kappa shape index (κ3) is 2.93. The Morgan fingerprint density at radius 2 is 2.18 bits per heavy atom. The van der Waals surface area contributed by atoms with Crippen molar-refractivity contribution in [3.8, 4) is 0 Å². The number of carbonyl (C=O) groups is 2. The summed E-state index contributed by atoms with van der Waals surface area (Å²) in [5.41, 5.74) is 6.79. The van der Waals surface area contributed by atoms with Crippen LogP contribution in [0.1, 0.15) is 40.7 Å². The largest absolute Gasteiger partial charge is 0.469 e. The van der Waals surface area contributed by atoms with E-state index >= 15 is 0 Å². The van der Waals surface area contributed by atoms with Crippen LogP contribution in [0.15, 0.2) is 35.1 Å². The standard InChI is InChI=1S/C15H16N4O3/c16-14(20)12-5-4-9(8-17-12)18-15(21)19-11-2-1-3-13-10(11)6-7-22-13/h4-8,11H,1-3H2,(H2,16,20)(H2,18,19,21)/t11-/m1/s1. The smallest absolute Gasteiger partial charge is 0.319 e. The second-order valence-corrected chi connectivity index (χ2v) is 5.14. The summed E-state index contributed by atoms with van der Waals surface area (Å²) in [7, 11) is 0. The van der Waals surface area contributed by atoms with Crippen LogP contribution in [0.2, 0.25) is 0 Å². The number of nitrogens with two attached hydrogens (primary N) is 1. The van der Waals surface area contributed by atoms with Gasteiger partial charge in [0.25, 0.3) is 5.91 Å². The van der Waals surface area contributed by atoms with Crippen LogP contribution in [-0.2, 0) is 6.42 Å². The van der Waals surface area contributed by atoms with Crippen LogP contribution in [-0.4, -0.2) is 16.9 Å². The van der Waals surface area contributed by atoms with Gasteiger partial charge in [-0.05, 0) is 31.0 Å². The number of primary amides is 1. The van der Waals surface area contributed by atoms with Crippen molar-refractivity contribution in [1.29, 1.82) is 0 Å². The molecule has 3 rings (SSSR count). The molecule has 1 aliphatic carbocycles. The predicted molar refractivity (Wildman–Crippen MR) is 79.3 cm³/mol. The summed E-state index contributed by atoms with van der Waals surface area (Å²) in [5, 5.41) is 5.60. The third-order valence-corrected chi connectivity index (χ3v) is 3.63. The van der Waals surface area contributed by atoms with E-state index in [9.17, 15) is 9.59 Å². The van der Waals surface area contributed by atoms with Crippen LogP contribution in [0, 0.1) is 0 Å². The van der Waals surface area contributed by atoms with Gasteiger partial charge in [-0.1, -0.05) is 0 Å². The number of furan rings is 1. The van der Waals surface area contributed by atoms with E-state index in [0.717, 1.165) is 30.6 Å². The molecular formula is C15H16N4O3. The lowest BCUT2D eigenvalue weighted by molar-refractivity contribution is 0.0995. The van der Waals surface area contributed by atoms with Crippen LogP contribution in [0.25, 0.3) is 0 Å². The zero-order chi connectivity index (χ0) is 15.5. The average molecular weight is 300 g/mol.